The highest BCUT2D eigenvalue weighted by Gasteiger charge is 2.02. The zero-order chi connectivity index (χ0) is 12.7. The molecule has 3 heteroatoms. The lowest BCUT2D eigenvalue weighted by Crippen LogP contribution is -2.24. The summed E-state index contributed by atoms with van der Waals surface area (Å²) in [6.07, 6.45) is 4.15. The van der Waals surface area contributed by atoms with Gasteiger partial charge in [-0.05, 0) is 19.8 Å². The molecule has 0 bridgehead atoms. The van der Waals surface area contributed by atoms with Crippen molar-refractivity contribution in [1.29, 1.82) is 0 Å². The quantitative estimate of drug-likeness (QED) is 0.461. The Bertz CT molecular complexity index is 395. The van der Waals surface area contributed by atoms with Gasteiger partial charge in [-0.15, -0.1) is 0 Å². The van der Waals surface area contributed by atoms with Crippen molar-refractivity contribution in [3.63, 3.8) is 0 Å². The van der Waals surface area contributed by atoms with Gasteiger partial charge in [0.1, 0.15) is 7.85 Å². The fourth-order valence-corrected chi connectivity index (χ4v) is 1.46. The van der Waals surface area contributed by atoms with E-state index < -0.39 is 0 Å². The van der Waals surface area contributed by atoms with Crippen LogP contribution >= 0.6 is 0 Å². The molecule has 90 valence electrons. The van der Waals surface area contributed by atoms with Crippen molar-refractivity contribution in [2.45, 2.75) is 26.7 Å². The Balaban J connectivity index is 2.38. The summed E-state index contributed by atoms with van der Waals surface area (Å²) >= 11 is 0. The van der Waals surface area contributed by atoms with E-state index in [9.17, 15) is 4.79 Å². The highest BCUT2D eigenvalue weighted by atomic mass is 16.1. The van der Waals surface area contributed by atoms with Gasteiger partial charge in [0.05, 0.1) is 0 Å². The van der Waals surface area contributed by atoms with Gasteiger partial charge in [-0.3, -0.25) is 4.79 Å². The molecule has 0 saturated heterocycles. The Morgan fingerprint density at radius 2 is 2.00 bits per heavy atom. The molecule has 0 fully saturated rings. The average molecular weight is 229 g/mol. The molecule has 1 aromatic rings. The van der Waals surface area contributed by atoms with E-state index >= 15 is 0 Å². The molecule has 0 aliphatic carbocycles. The van der Waals surface area contributed by atoms with Gasteiger partial charge in [-0.25, -0.2) is 0 Å². The number of amides is 1. The third kappa shape index (κ3) is 4.90. The van der Waals surface area contributed by atoms with Crippen LogP contribution in [0.4, 0.5) is 0 Å². The number of hydrogen-bond donors (Lipinski definition) is 1. The topological polar surface area (TPSA) is 29.1 Å². The second kappa shape index (κ2) is 6.95. The second-order valence-electron chi connectivity index (χ2n) is 4.31. The monoisotopic (exact) mass is 229 g/mol. The van der Waals surface area contributed by atoms with E-state index in [0.717, 1.165) is 18.4 Å². The predicted molar refractivity (Wildman–Crippen MR) is 75.6 cm³/mol. The molecule has 0 heterocycles. The molecule has 1 N–H and O–H groups in total. The van der Waals surface area contributed by atoms with Crippen LogP contribution in [0.5, 0.6) is 0 Å². The summed E-state index contributed by atoms with van der Waals surface area (Å²) in [6, 6.07) is 7.63. The molecule has 0 aliphatic rings. The maximum Gasteiger partial charge on any atom is 0.251 e. The average Bonchev–Trinajstić information content (AvgIpc) is 2.34. The zero-order valence-corrected chi connectivity index (χ0v) is 10.9. The summed E-state index contributed by atoms with van der Waals surface area (Å²) in [5, 5.41) is 2.91. The normalized spacial score (nSPS) is 11.3. The largest absolute Gasteiger partial charge is 0.352 e. The number of carbonyl (C=O) groups is 1. The van der Waals surface area contributed by atoms with Gasteiger partial charge in [0.2, 0.25) is 0 Å². The lowest BCUT2D eigenvalue weighted by molar-refractivity contribution is 0.0954. The minimum atomic E-state index is 0.00699. The fraction of sp³-hybridized carbons (Fsp3) is 0.357. The van der Waals surface area contributed by atoms with Crippen molar-refractivity contribution < 1.29 is 4.79 Å². The molecule has 1 rings (SSSR count). The van der Waals surface area contributed by atoms with Crippen molar-refractivity contribution in [3.8, 4) is 0 Å². The molecular weight excluding hydrogens is 209 g/mol. The van der Waals surface area contributed by atoms with Gasteiger partial charge < -0.3 is 5.32 Å². The van der Waals surface area contributed by atoms with Crippen molar-refractivity contribution in [1.82, 2.24) is 5.32 Å². The summed E-state index contributed by atoms with van der Waals surface area (Å²) in [5.74, 6) is 0.00699. The molecule has 0 aliphatic heterocycles. The van der Waals surface area contributed by atoms with Gasteiger partial charge >= 0.3 is 0 Å². The SMILES string of the molecule is Bc1ccc(C(=O)NCC/C=C(\C)CC)cc1. The lowest BCUT2D eigenvalue weighted by Gasteiger charge is -2.04. The van der Waals surface area contributed by atoms with Crippen molar-refractivity contribution in [2.24, 2.45) is 0 Å². The van der Waals surface area contributed by atoms with E-state index in [1.165, 1.54) is 11.0 Å². The molecule has 0 atom stereocenters. The zero-order valence-electron chi connectivity index (χ0n) is 10.9. The highest BCUT2D eigenvalue weighted by molar-refractivity contribution is 6.32. The third-order valence-corrected chi connectivity index (χ3v) is 2.79. The van der Waals surface area contributed by atoms with Crippen LogP contribution in [0.15, 0.2) is 35.9 Å². The summed E-state index contributed by atoms with van der Waals surface area (Å²) in [5.41, 5.74) is 3.27. The smallest absolute Gasteiger partial charge is 0.251 e. The van der Waals surface area contributed by atoms with Crippen LogP contribution in [0.2, 0.25) is 0 Å². The number of rotatable bonds is 5. The molecule has 17 heavy (non-hydrogen) atoms. The summed E-state index contributed by atoms with van der Waals surface area (Å²) in [7, 11) is 2.01. The first-order valence-electron chi connectivity index (χ1n) is 6.14. The van der Waals surface area contributed by atoms with Gasteiger partial charge in [0.15, 0.2) is 0 Å². The first-order valence-corrected chi connectivity index (χ1v) is 6.14. The molecule has 1 amide bonds. The van der Waals surface area contributed by atoms with E-state index in [0.29, 0.717) is 6.54 Å². The second-order valence-corrected chi connectivity index (χ2v) is 4.31. The van der Waals surface area contributed by atoms with E-state index in [2.05, 4.69) is 25.2 Å². The van der Waals surface area contributed by atoms with Crippen LogP contribution in [0.3, 0.4) is 0 Å². The van der Waals surface area contributed by atoms with Gasteiger partial charge in [0.25, 0.3) is 5.91 Å². The number of carbonyl (C=O) groups excluding carboxylic acids is 1. The first-order chi connectivity index (χ1) is 8.13. The number of benzene rings is 1. The molecule has 0 aromatic heterocycles. The van der Waals surface area contributed by atoms with Crippen LogP contribution in [-0.4, -0.2) is 20.3 Å². The van der Waals surface area contributed by atoms with Crippen LogP contribution in [0.1, 0.15) is 37.0 Å². The number of allylic oxidation sites excluding steroid dienone is 1. The van der Waals surface area contributed by atoms with Crippen molar-refractivity contribution >= 4 is 19.2 Å². The van der Waals surface area contributed by atoms with Crippen molar-refractivity contribution in [3.05, 3.63) is 41.5 Å². The molecule has 2 nitrogen and oxygen atoms in total. The minimum absolute atomic E-state index is 0.00699. The van der Waals surface area contributed by atoms with Crippen LogP contribution in [0, 0.1) is 0 Å². The van der Waals surface area contributed by atoms with E-state index in [4.69, 9.17) is 0 Å². The standard InChI is InChI=1S/C14H20BNO/c1-3-11(2)5-4-10-16-14(17)12-6-8-13(15)9-7-12/h5-9H,3-4,10,15H2,1-2H3,(H,16,17)/b11-5+. The predicted octanol–water partition coefficient (Wildman–Crippen LogP) is 1.42. The van der Waals surface area contributed by atoms with E-state index in [1.807, 2.05) is 32.1 Å². The Labute approximate surface area is 105 Å². The van der Waals surface area contributed by atoms with Gasteiger partial charge in [-0.1, -0.05) is 48.3 Å². The highest BCUT2D eigenvalue weighted by Crippen LogP contribution is 2.00. The molecule has 0 spiro atoms. The van der Waals surface area contributed by atoms with Crippen LogP contribution in [0.25, 0.3) is 0 Å². The summed E-state index contributed by atoms with van der Waals surface area (Å²) in [6.45, 7) is 4.95. The molecule has 1 aromatic carbocycles. The molecular formula is C14H20BNO. The number of hydrogen-bond acceptors (Lipinski definition) is 1. The Hall–Kier alpha value is -1.51. The summed E-state index contributed by atoms with van der Waals surface area (Å²) in [4.78, 5) is 11.7. The Morgan fingerprint density at radius 1 is 1.35 bits per heavy atom. The maximum absolute atomic E-state index is 11.7. The van der Waals surface area contributed by atoms with Crippen LogP contribution < -0.4 is 10.8 Å². The Morgan fingerprint density at radius 3 is 2.59 bits per heavy atom. The molecule has 0 saturated carbocycles. The van der Waals surface area contributed by atoms with Crippen molar-refractivity contribution in [2.75, 3.05) is 6.54 Å². The molecule has 0 radical (unpaired) electrons. The first kappa shape index (κ1) is 13.6. The Kier molecular flexibility index (Phi) is 5.54. The maximum atomic E-state index is 11.7. The lowest BCUT2D eigenvalue weighted by atomic mass is 9.95. The van der Waals surface area contributed by atoms with Gasteiger partial charge in [0, 0.05) is 12.1 Å². The minimum Gasteiger partial charge on any atom is -0.352 e. The summed E-state index contributed by atoms with van der Waals surface area (Å²) < 4.78 is 0. The van der Waals surface area contributed by atoms with Crippen LogP contribution in [-0.2, 0) is 0 Å². The third-order valence-electron chi connectivity index (χ3n) is 2.79. The number of nitrogens with one attached hydrogen (secondary N) is 1. The molecule has 0 unspecified atom stereocenters. The van der Waals surface area contributed by atoms with Gasteiger partial charge in [-0.2, -0.15) is 0 Å². The van der Waals surface area contributed by atoms with E-state index in [-0.39, 0.29) is 5.91 Å². The fourth-order valence-electron chi connectivity index (χ4n) is 1.46. The van der Waals surface area contributed by atoms with E-state index in [1.54, 1.807) is 0 Å².